The van der Waals surface area contributed by atoms with Gasteiger partial charge in [0, 0.05) is 43.8 Å². The summed E-state index contributed by atoms with van der Waals surface area (Å²) in [5.41, 5.74) is 17.1. The van der Waals surface area contributed by atoms with Crippen LogP contribution < -0.4 is 0 Å². The van der Waals surface area contributed by atoms with Crippen LogP contribution in [0.4, 0.5) is 0 Å². The van der Waals surface area contributed by atoms with E-state index < -0.39 is 0 Å². The van der Waals surface area contributed by atoms with E-state index in [4.69, 9.17) is 15.0 Å². The van der Waals surface area contributed by atoms with Crippen molar-refractivity contribution in [2.75, 3.05) is 0 Å². The standard InChI is InChI=1S/C60H41N5/c1-60(2)49-27-12-9-23-45(49)46-35-36-53-55(56(46)60)48-25-11-13-28-50(48)64(53)43-22-15-21-42(37-43)58-61-57(41-33-31-39(32-34-41)38-17-5-3-6-18-38)62-59(63-58)65-51-29-14-10-24-47(51)54-44(26-16-30-52(54)65)40-19-7-4-8-20-40/h3-37H,1-2H3. The van der Waals surface area contributed by atoms with Crippen LogP contribution in [-0.4, -0.2) is 24.1 Å². The van der Waals surface area contributed by atoms with Gasteiger partial charge in [-0.25, -0.2) is 4.98 Å². The smallest absolute Gasteiger partial charge is 0.238 e. The summed E-state index contributed by atoms with van der Waals surface area (Å²) in [5.74, 6) is 1.77. The van der Waals surface area contributed by atoms with E-state index in [1.165, 1.54) is 44.1 Å². The van der Waals surface area contributed by atoms with Crippen LogP contribution >= 0.6 is 0 Å². The number of rotatable bonds is 6. The highest BCUT2D eigenvalue weighted by Crippen LogP contribution is 2.53. The molecule has 5 heteroatoms. The van der Waals surface area contributed by atoms with E-state index >= 15 is 0 Å². The lowest BCUT2D eigenvalue weighted by molar-refractivity contribution is 0.666. The third-order valence-corrected chi connectivity index (χ3v) is 13.6. The molecule has 9 aromatic carbocycles. The van der Waals surface area contributed by atoms with E-state index in [0.29, 0.717) is 17.6 Å². The molecule has 0 saturated carbocycles. The third kappa shape index (κ3) is 5.68. The maximum absolute atomic E-state index is 5.41. The van der Waals surface area contributed by atoms with Gasteiger partial charge in [0.1, 0.15) is 0 Å². The molecule has 1 aliphatic carbocycles. The molecule has 0 unspecified atom stereocenters. The molecule has 306 valence electrons. The summed E-state index contributed by atoms with van der Waals surface area (Å²) in [6.07, 6.45) is 0. The van der Waals surface area contributed by atoms with Crippen molar-refractivity contribution < 1.29 is 0 Å². The minimum absolute atomic E-state index is 0.159. The minimum Gasteiger partial charge on any atom is -0.309 e. The van der Waals surface area contributed by atoms with E-state index in [0.717, 1.165) is 60.8 Å². The van der Waals surface area contributed by atoms with Crippen molar-refractivity contribution in [3.05, 3.63) is 223 Å². The highest BCUT2D eigenvalue weighted by molar-refractivity contribution is 6.16. The maximum atomic E-state index is 5.41. The Bertz CT molecular complexity index is 3840. The van der Waals surface area contributed by atoms with Gasteiger partial charge in [-0.05, 0) is 80.9 Å². The summed E-state index contributed by atoms with van der Waals surface area (Å²) in [6.45, 7) is 4.74. The highest BCUT2D eigenvalue weighted by atomic mass is 15.2. The summed E-state index contributed by atoms with van der Waals surface area (Å²) < 4.78 is 4.62. The molecule has 1 aliphatic rings. The van der Waals surface area contributed by atoms with Crippen LogP contribution in [0.25, 0.3) is 111 Å². The summed E-state index contributed by atoms with van der Waals surface area (Å²) in [6, 6.07) is 75.8. The molecule has 3 aromatic heterocycles. The Morgan fingerprint density at radius 3 is 1.66 bits per heavy atom. The Labute approximate surface area is 376 Å². The number of hydrogen-bond acceptors (Lipinski definition) is 3. The predicted octanol–water partition coefficient (Wildman–Crippen LogP) is 15.0. The van der Waals surface area contributed by atoms with Gasteiger partial charge in [-0.3, -0.25) is 4.57 Å². The van der Waals surface area contributed by atoms with Gasteiger partial charge >= 0.3 is 0 Å². The quantitative estimate of drug-likeness (QED) is 0.168. The number of para-hydroxylation sites is 2. The lowest BCUT2D eigenvalue weighted by atomic mass is 9.80. The van der Waals surface area contributed by atoms with Gasteiger partial charge in [-0.1, -0.05) is 190 Å². The van der Waals surface area contributed by atoms with Crippen molar-refractivity contribution in [3.63, 3.8) is 0 Å². The number of nitrogens with zero attached hydrogens (tertiary/aromatic N) is 5. The molecule has 65 heavy (non-hydrogen) atoms. The zero-order valence-electron chi connectivity index (χ0n) is 35.9. The van der Waals surface area contributed by atoms with Crippen LogP contribution in [-0.2, 0) is 5.41 Å². The Balaban J connectivity index is 1.03. The van der Waals surface area contributed by atoms with Crippen LogP contribution in [0, 0.1) is 0 Å². The Morgan fingerprint density at radius 2 is 0.892 bits per heavy atom. The Kier molecular flexibility index (Phi) is 8.18. The largest absolute Gasteiger partial charge is 0.309 e. The fraction of sp³-hybridized carbons (Fsp3) is 0.0500. The molecule has 13 rings (SSSR count). The SMILES string of the molecule is CC1(C)c2ccccc2-c2ccc3c(c21)c1ccccc1n3-c1cccc(-c2nc(-c3ccc(-c4ccccc4)cc3)nc(-n3c4ccccc4c4c(-c5ccccc5)cccc43)n2)c1. The van der Waals surface area contributed by atoms with E-state index in [9.17, 15) is 0 Å². The summed E-state index contributed by atoms with van der Waals surface area (Å²) in [5, 5.41) is 4.85. The maximum Gasteiger partial charge on any atom is 0.238 e. The molecule has 0 fully saturated rings. The van der Waals surface area contributed by atoms with Crippen molar-refractivity contribution in [1.29, 1.82) is 0 Å². The summed E-state index contributed by atoms with van der Waals surface area (Å²) in [4.78, 5) is 16.0. The van der Waals surface area contributed by atoms with Gasteiger partial charge in [-0.2, -0.15) is 9.97 Å². The highest BCUT2D eigenvalue weighted by Gasteiger charge is 2.38. The lowest BCUT2D eigenvalue weighted by Gasteiger charge is -2.22. The van der Waals surface area contributed by atoms with Crippen LogP contribution in [0.2, 0.25) is 0 Å². The van der Waals surface area contributed by atoms with Gasteiger partial charge in [0.25, 0.3) is 0 Å². The molecule has 5 nitrogen and oxygen atoms in total. The van der Waals surface area contributed by atoms with E-state index in [1.807, 2.05) is 6.07 Å². The topological polar surface area (TPSA) is 48.5 Å². The molecule has 12 aromatic rings. The van der Waals surface area contributed by atoms with Crippen molar-refractivity contribution in [2.24, 2.45) is 0 Å². The number of hydrogen-bond donors (Lipinski definition) is 0. The van der Waals surface area contributed by atoms with Crippen molar-refractivity contribution in [2.45, 2.75) is 19.3 Å². The third-order valence-electron chi connectivity index (χ3n) is 13.6. The first-order valence-corrected chi connectivity index (χ1v) is 22.3. The normalized spacial score (nSPS) is 12.9. The first kappa shape index (κ1) is 37.2. The first-order chi connectivity index (χ1) is 32.0. The molecule has 0 atom stereocenters. The molecule has 0 radical (unpaired) electrons. The zero-order chi connectivity index (χ0) is 43.2. The number of fused-ring (bicyclic) bond motifs is 10. The molecule has 3 heterocycles. The Morgan fingerprint density at radius 1 is 0.354 bits per heavy atom. The molecule has 0 N–H and O–H groups in total. The molecule has 0 spiro atoms. The molecular weight excluding hydrogens is 791 g/mol. The van der Waals surface area contributed by atoms with Crippen molar-refractivity contribution in [1.82, 2.24) is 24.1 Å². The molecule has 0 bridgehead atoms. The van der Waals surface area contributed by atoms with Gasteiger partial charge in [0.2, 0.25) is 5.95 Å². The average Bonchev–Trinajstić information content (AvgIpc) is 3.97. The van der Waals surface area contributed by atoms with Gasteiger partial charge in [0.15, 0.2) is 11.6 Å². The van der Waals surface area contributed by atoms with Crippen LogP contribution in [0.5, 0.6) is 0 Å². The van der Waals surface area contributed by atoms with Gasteiger partial charge < -0.3 is 4.57 Å². The fourth-order valence-electron chi connectivity index (χ4n) is 10.7. The second-order valence-electron chi connectivity index (χ2n) is 17.6. The first-order valence-electron chi connectivity index (χ1n) is 22.3. The van der Waals surface area contributed by atoms with Gasteiger partial charge in [0.05, 0.1) is 22.1 Å². The monoisotopic (exact) mass is 831 g/mol. The molecule has 0 saturated heterocycles. The second kappa shape index (κ2) is 14.3. The predicted molar refractivity (Wildman–Crippen MR) is 268 cm³/mol. The lowest BCUT2D eigenvalue weighted by Crippen LogP contribution is -2.15. The second-order valence-corrected chi connectivity index (χ2v) is 17.6. The Hall–Kier alpha value is -8.41. The summed E-state index contributed by atoms with van der Waals surface area (Å²) in [7, 11) is 0. The van der Waals surface area contributed by atoms with Crippen molar-refractivity contribution >= 4 is 43.6 Å². The summed E-state index contributed by atoms with van der Waals surface area (Å²) >= 11 is 0. The number of benzene rings is 9. The average molecular weight is 832 g/mol. The zero-order valence-corrected chi connectivity index (χ0v) is 35.9. The van der Waals surface area contributed by atoms with Crippen LogP contribution in [0.15, 0.2) is 212 Å². The van der Waals surface area contributed by atoms with E-state index in [2.05, 4.69) is 229 Å². The fourth-order valence-corrected chi connectivity index (χ4v) is 10.7. The van der Waals surface area contributed by atoms with Crippen molar-refractivity contribution in [3.8, 4) is 67.8 Å². The van der Waals surface area contributed by atoms with Crippen LogP contribution in [0.3, 0.4) is 0 Å². The van der Waals surface area contributed by atoms with Gasteiger partial charge in [-0.15, -0.1) is 0 Å². The molecule has 0 aliphatic heterocycles. The molecule has 0 amide bonds. The number of aromatic nitrogens is 5. The van der Waals surface area contributed by atoms with E-state index in [-0.39, 0.29) is 5.41 Å². The van der Waals surface area contributed by atoms with Crippen LogP contribution in [0.1, 0.15) is 25.0 Å². The molecular formula is C60H41N5. The van der Waals surface area contributed by atoms with E-state index in [1.54, 1.807) is 0 Å². The minimum atomic E-state index is -0.159.